The van der Waals surface area contributed by atoms with E-state index in [0.29, 0.717) is 16.7 Å². The van der Waals surface area contributed by atoms with E-state index in [1.807, 2.05) is 29.8 Å². The molecule has 0 aliphatic rings. The van der Waals surface area contributed by atoms with Gasteiger partial charge in [0, 0.05) is 12.6 Å². The van der Waals surface area contributed by atoms with Crippen molar-refractivity contribution in [1.29, 1.82) is 10.5 Å². The summed E-state index contributed by atoms with van der Waals surface area (Å²) in [5.41, 5.74) is 3.26. The summed E-state index contributed by atoms with van der Waals surface area (Å²) in [7, 11) is -2.02. The third-order valence-electron chi connectivity index (χ3n) is 5.41. The normalized spacial score (nSPS) is 11.9. The van der Waals surface area contributed by atoms with Gasteiger partial charge in [-0.2, -0.15) is 10.5 Å². The Morgan fingerprint density at radius 2 is 1.69 bits per heavy atom. The minimum Gasteiger partial charge on any atom is -0.362 e. The summed E-state index contributed by atoms with van der Waals surface area (Å²) in [5, 5.41) is 18.5. The standard InChI is InChI=1S/C26H21N5O3S/c1-31-18-29-16-25(31)26(21-10-7-19(14-27)8-11-21)34-17-22-12-9-20(15-28)13-24(22)30-35(32,33)23-5-3-2-4-6-23/h2-13,16,18,26,30H,17H2,1H3. The van der Waals surface area contributed by atoms with Crippen LogP contribution in [0.5, 0.6) is 0 Å². The highest BCUT2D eigenvalue weighted by atomic mass is 32.2. The third-order valence-corrected chi connectivity index (χ3v) is 6.79. The maximum Gasteiger partial charge on any atom is 0.261 e. The number of imidazole rings is 1. The number of hydrogen-bond donors (Lipinski definition) is 1. The number of rotatable bonds is 8. The van der Waals surface area contributed by atoms with Gasteiger partial charge in [-0.05, 0) is 42.0 Å². The molecule has 3 aromatic carbocycles. The second-order valence-corrected chi connectivity index (χ2v) is 9.44. The fraction of sp³-hybridized carbons (Fsp3) is 0.115. The first-order chi connectivity index (χ1) is 16.9. The molecule has 0 aliphatic carbocycles. The van der Waals surface area contributed by atoms with Gasteiger partial charge in [-0.25, -0.2) is 13.4 Å². The van der Waals surface area contributed by atoms with E-state index in [2.05, 4.69) is 15.8 Å². The zero-order chi connectivity index (χ0) is 24.8. The highest BCUT2D eigenvalue weighted by molar-refractivity contribution is 7.92. The van der Waals surface area contributed by atoms with Crippen molar-refractivity contribution < 1.29 is 13.2 Å². The fourth-order valence-electron chi connectivity index (χ4n) is 3.55. The average Bonchev–Trinajstić information content (AvgIpc) is 3.31. The summed E-state index contributed by atoms with van der Waals surface area (Å²) in [6, 6.07) is 24.0. The van der Waals surface area contributed by atoms with Crippen LogP contribution in [-0.2, 0) is 28.4 Å². The lowest BCUT2D eigenvalue weighted by atomic mass is 10.0. The van der Waals surface area contributed by atoms with Gasteiger partial charge in [0.25, 0.3) is 10.0 Å². The molecule has 1 heterocycles. The molecule has 0 aliphatic heterocycles. The number of aromatic nitrogens is 2. The molecule has 0 fully saturated rings. The van der Waals surface area contributed by atoms with E-state index >= 15 is 0 Å². The first-order valence-corrected chi connectivity index (χ1v) is 12.1. The molecule has 0 radical (unpaired) electrons. The predicted octanol–water partition coefficient (Wildman–Crippen LogP) is 4.27. The van der Waals surface area contributed by atoms with E-state index in [1.165, 1.54) is 18.2 Å². The molecular weight excluding hydrogens is 462 g/mol. The van der Waals surface area contributed by atoms with Gasteiger partial charge < -0.3 is 9.30 Å². The molecule has 0 spiro atoms. The summed E-state index contributed by atoms with van der Waals surface area (Å²) >= 11 is 0. The Morgan fingerprint density at radius 3 is 2.31 bits per heavy atom. The van der Waals surface area contributed by atoms with Gasteiger partial charge >= 0.3 is 0 Å². The van der Waals surface area contributed by atoms with Gasteiger partial charge in [0.1, 0.15) is 6.10 Å². The van der Waals surface area contributed by atoms with Crippen LogP contribution >= 0.6 is 0 Å². The van der Waals surface area contributed by atoms with E-state index < -0.39 is 16.1 Å². The summed E-state index contributed by atoms with van der Waals surface area (Å²) in [4.78, 5) is 4.29. The van der Waals surface area contributed by atoms with Crippen LogP contribution in [0, 0.1) is 22.7 Å². The van der Waals surface area contributed by atoms with Gasteiger partial charge in [0.2, 0.25) is 0 Å². The lowest BCUT2D eigenvalue weighted by Crippen LogP contribution is -2.15. The summed E-state index contributed by atoms with van der Waals surface area (Å²) in [6.45, 7) is 0.0498. The maximum atomic E-state index is 12.9. The molecular formula is C26H21N5O3S. The van der Waals surface area contributed by atoms with Crippen LogP contribution in [-0.4, -0.2) is 18.0 Å². The Balaban J connectivity index is 1.66. The molecule has 0 saturated heterocycles. The molecule has 35 heavy (non-hydrogen) atoms. The van der Waals surface area contributed by atoms with Crippen molar-refractivity contribution in [3.63, 3.8) is 0 Å². The minimum atomic E-state index is -3.87. The number of anilines is 1. The van der Waals surface area contributed by atoms with Gasteiger partial charge in [-0.15, -0.1) is 0 Å². The smallest absolute Gasteiger partial charge is 0.261 e. The van der Waals surface area contributed by atoms with Crippen molar-refractivity contribution in [2.75, 3.05) is 4.72 Å². The van der Waals surface area contributed by atoms with E-state index in [9.17, 15) is 13.7 Å². The van der Waals surface area contributed by atoms with Crippen molar-refractivity contribution in [3.8, 4) is 12.1 Å². The molecule has 0 bridgehead atoms. The Hall–Kier alpha value is -4.44. The lowest BCUT2D eigenvalue weighted by Gasteiger charge is -2.20. The van der Waals surface area contributed by atoms with Crippen LogP contribution in [0.25, 0.3) is 0 Å². The van der Waals surface area contributed by atoms with Crippen molar-refractivity contribution in [1.82, 2.24) is 9.55 Å². The highest BCUT2D eigenvalue weighted by Gasteiger charge is 2.21. The Morgan fingerprint density at radius 1 is 1.00 bits per heavy atom. The molecule has 174 valence electrons. The van der Waals surface area contributed by atoms with Crippen molar-refractivity contribution in [2.24, 2.45) is 7.05 Å². The van der Waals surface area contributed by atoms with Gasteiger partial charge in [-0.3, -0.25) is 4.72 Å². The molecule has 9 heteroatoms. The third kappa shape index (κ3) is 5.39. The van der Waals surface area contributed by atoms with Gasteiger partial charge in [0.05, 0.1) is 58.7 Å². The van der Waals surface area contributed by atoms with Crippen LogP contribution in [0.2, 0.25) is 0 Å². The second kappa shape index (κ2) is 10.2. The van der Waals surface area contributed by atoms with Crippen molar-refractivity contribution in [3.05, 3.63) is 113 Å². The number of nitrogens with one attached hydrogen (secondary N) is 1. The summed E-state index contributed by atoms with van der Waals surface area (Å²) < 4.78 is 36.6. The average molecular weight is 484 g/mol. The number of benzene rings is 3. The second-order valence-electron chi connectivity index (χ2n) is 7.76. The van der Waals surface area contributed by atoms with Crippen LogP contribution < -0.4 is 4.72 Å². The van der Waals surface area contributed by atoms with Crippen LogP contribution in [0.3, 0.4) is 0 Å². The Kier molecular flexibility index (Phi) is 6.93. The van der Waals surface area contributed by atoms with Crippen molar-refractivity contribution in [2.45, 2.75) is 17.6 Å². The predicted molar refractivity (Wildman–Crippen MR) is 129 cm³/mol. The number of hydrogen-bond acceptors (Lipinski definition) is 6. The van der Waals surface area contributed by atoms with Crippen LogP contribution in [0.1, 0.15) is 34.1 Å². The summed E-state index contributed by atoms with van der Waals surface area (Å²) in [6.07, 6.45) is 2.83. The molecule has 8 nitrogen and oxygen atoms in total. The van der Waals surface area contributed by atoms with Crippen LogP contribution in [0.4, 0.5) is 5.69 Å². The SMILES string of the molecule is Cn1cncc1C(OCc1ccc(C#N)cc1NS(=O)(=O)c1ccccc1)c1ccc(C#N)cc1. The first kappa shape index (κ1) is 23.7. The number of aryl methyl sites for hydroxylation is 1. The minimum absolute atomic E-state index is 0.0498. The quantitative estimate of drug-likeness (QED) is 0.399. The van der Waals surface area contributed by atoms with E-state index in [-0.39, 0.29) is 17.2 Å². The molecule has 1 aromatic heterocycles. The zero-order valence-electron chi connectivity index (χ0n) is 18.8. The monoisotopic (exact) mass is 483 g/mol. The lowest BCUT2D eigenvalue weighted by molar-refractivity contribution is 0.0625. The molecule has 1 unspecified atom stereocenters. The number of nitriles is 2. The summed E-state index contributed by atoms with van der Waals surface area (Å²) in [5.74, 6) is 0. The topological polar surface area (TPSA) is 121 Å². The molecule has 1 atom stereocenters. The first-order valence-electron chi connectivity index (χ1n) is 10.6. The molecule has 0 saturated carbocycles. The Bertz CT molecular complexity index is 1520. The number of sulfonamides is 1. The maximum absolute atomic E-state index is 12.9. The van der Waals surface area contributed by atoms with E-state index in [0.717, 1.165) is 11.3 Å². The van der Waals surface area contributed by atoms with E-state index in [1.54, 1.807) is 55.0 Å². The Labute approximate surface area is 203 Å². The van der Waals surface area contributed by atoms with E-state index in [4.69, 9.17) is 10.00 Å². The molecule has 4 aromatic rings. The zero-order valence-corrected chi connectivity index (χ0v) is 19.6. The molecule has 1 N–H and O–H groups in total. The number of ether oxygens (including phenoxy) is 1. The highest BCUT2D eigenvalue weighted by Crippen LogP contribution is 2.29. The van der Waals surface area contributed by atoms with Gasteiger partial charge in [0.15, 0.2) is 0 Å². The number of nitrogens with zero attached hydrogens (tertiary/aromatic N) is 4. The largest absolute Gasteiger partial charge is 0.362 e. The van der Waals surface area contributed by atoms with Gasteiger partial charge in [-0.1, -0.05) is 36.4 Å². The van der Waals surface area contributed by atoms with Crippen LogP contribution in [0.15, 0.2) is 90.2 Å². The fourth-order valence-corrected chi connectivity index (χ4v) is 4.66. The molecule has 4 rings (SSSR count). The van der Waals surface area contributed by atoms with Crippen molar-refractivity contribution >= 4 is 15.7 Å². The molecule has 0 amide bonds.